The van der Waals surface area contributed by atoms with E-state index < -0.39 is 17.7 Å². The zero-order valence-electron chi connectivity index (χ0n) is 31.0. The molecule has 3 heterocycles. The second kappa shape index (κ2) is 15.2. The topological polar surface area (TPSA) is 74.5 Å². The van der Waals surface area contributed by atoms with Crippen molar-refractivity contribution in [1.29, 1.82) is 0 Å². The molecule has 4 aromatic rings. The van der Waals surface area contributed by atoms with Gasteiger partial charge in [0.2, 0.25) is 0 Å². The summed E-state index contributed by atoms with van der Waals surface area (Å²) in [6.07, 6.45) is 7.14. The van der Waals surface area contributed by atoms with Crippen LogP contribution in [-0.2, 0) is 19.0 Å². The number of benzene rings is 2. The van der Waals surface area contributed by atoms with Crippen LogP contribution < -0.4 is 9.64 Å². The van der Waals surface area contributed by atoms with Gasteiger partial charge in [-0.05, 0) is 96.7 Å². The summed E-state index contributed by atoms with van der Waals surface area (Å²) in [5.41, 5.74) is 7.67. The number of hydrogen-bond donors (Lipinski definition) is 0. The van der Waals surface area contributed by atoms with Crippen molar-refractivity contribution in [3.05, 3.63) is 96.7 Å². The number of carbonyl (C=O) groups excluding carboxylic acids is 1. The Hall–Kier alpha value is -4.40. The minimum Gasteiger partial charge on any atom is -0.490 e. The maximum atomic E-state index is 13.5. The molecule has 8 nitrogen and oxygen atoms in total. The quantitative estimate of drug-likeness (QED) is 0.103. The predicted molar refractivity (Wildman–Crippen MR) is 202 cm³/mol. The Morgan fingerprint density at radius 1 is 1.04 bits per heavy atom. The minimum atomic E-state index is -0.921. The van der Waals surface area contributed by atoms with Crippen LogP contribution in [0.15, 0.2) is 80.0 Å². The Morgan fingerprint density at radius 3 is 2.42 bits per heavy atom. The number of aromatic nitrogens is 2. The zero-order valence-corrected chi connectivity index (χ0v) is 31.0. The number of nitrogens with zero attached hydrogens (tertiary/aromatic N) is 3. The largest absolute Gasteiger partial charge is 0.490 e. The van der Waals surface area contributed by atoms with Gasteiger partial charge < -0.3 is 23.8 Å². The van der Waals surface area contributed by atoms with Crippen molar-refractivity contribution in [2.24, 2.45) is 0 Å². The molecule has 0 N–H and O–H groups in total. The Morgan fingerprint density at radius 2 is 1.76 bits per heavy atom. The van der Waals surface area contributed by atoms with Gasteiger partial charge in [-0.2, -0.15) is 5.10 Å². The van der Waals surface area contributed by atoms with Crippen LogP contribution in [0.4, 0.5) is 5.69 Å². The molecule has 1 aliphatic rings. The summed E-state index contributed by atoms with van der Waals surface area (Å²) in [6.45, 7) is 23.9. The first-order valence-corrected chi connectivity index (χ1v) is 17.5. The van der Waals surface area contributed by atoms with Gasteiger partial charge in [0.05, 0.1) is 47.9 Å². The first kappa shape index (κ1) is 36.9. The van der Waals surface area contributed by atoms with Crippen LogP contribution in [0, 0.1) is 13.8 Å². The number of methoxy groups -OCH3 is 1. The minimum absolute atomic E-state index is 0.00344. The number of pyridine rings is 1. The highest BCUT2D eigenvalue weighted by atomic mass is 16.6. The lowest BCUT2D eigenvalue weighted by atomic mass is 9.91. The molecule has 1 fully saturated rings. The van der Waals surface area contributed by atoms with Gasteiger partial charge in [0.1, 0.15) is 5.75 Å². The van der Waals surface area contributed by atoms with Gasteiger partial charge >= 0.3 is 5.97 Å². The van der Waals surface area contributed by atoms with Gasteiger partial charge in [-0.3, -0.25) is 0 Å². The number of piperidine rings is 1. The molecule has 5 rings (SSSR count). The molecule has 2 atom stereocenters. The molecule has 1 aliphatic heterocycles. The monoisotopic (exact) mass is 679 g/mol. The van der Waals surface area contributed by atoms with Crippen molar-refractivity contribution in [3.8, 4) is 28.1 Å². The van der Waals surface area contributed by atoms with Gasteiger partial charge in [-0.1, -0.05) is 42.0 Å². The van der Waals surface area contributed by atoms with E-state index >= 15 is 0 Å². The summed E-state index contributed by atoms with van der Waals surface area (Å²) in [4.78, 5) is 15.8. The Bertz CT molecular complexity index is 1840. The molecule has 2 aromatic heterocycles. The molecule has 0 spiro atoms. The second-order valence-corrected chi connectivity index (χ2v) is 14.6. The van der Waals surface area contributed by atoms with Crippen molar-refractivity contribution < 1.29 is 23.7 Å². The third-order valence-electron chi connectivity index (χ3n) is 9.24. The van der Waals surface area contributed by atoms with E-state index in [2.05, 4.69) is 81.3 Å². The van der Waals surface area contributed by atoms with Gasteiger partial charge in [0, 0.05) is 42.4 Å². The van der Waals surface area contributed by atoms with E-state index in [-0.39, 0.29) is 11.7 Å². The molecule has 0 bridgehead atoms. The third kappa shape index (κ3) is 8.31. The molecular formula is C42H53N3O5. The van der Waals surface area contributed by atoms with E-state index in [0.29, 0.717) is 6.61 Å². The fraction of sp³-hybridized carbons (Fsp3) is 0.429. The Kier molecular flexibility index (Phi) is 11.2. The number of hydrogen-bond acceptors (Lipinski definition) is 7. The highest BCUT2D eigenvalue weighted by molar-refractivity contribution is 5.88. The molecule has 0 aliphatic carbocycles. The van der Waals surface area contributed by atoms with E-state index in [4.69, 9.17) is 24.0 Å². The Labute approximate surface area is 297 Å². The highest BCUT2D eigenvalue weighted by Crippen LogP contribution is 2.42. The molecule has 2 aromatic carbocycles. The summed E-state index contributed by atoms with van der Waals surface area (Å²) in [6, 6.07) is 16.8. The van der Waals surface area contributed by atoms with Crippen LogP contribution in [0.1, 0.15) is 76.7 Å². The summed E-state index contributed by atoms with van der Waals surface area (Å²) in [5, 5.41) is 5.11. The molecule has 1 unspecified atom stereocenters. The SMILES string of the molecule is C=CCOC1(C)CCN(c2c(C(OC(C)(C)C)C(=O)OC)c(C)cn3nc(-c4cccc(-c5cc(C)ccc5O[C@@H](C)CC=C)c4)cc23)CC1. The lowest BCUT2D eigenvalue weighted by molar-refractivity contribution is -0.164. The molecule has 0 saturated carbocycles. The summed E-state index contributed by atoms with van der Waals surface area (Å²) in [5.74, 6) is 0.400. The fourth-order valence-corrected chi connectivity index (χ4v) is 6.66. The van der Waals surface area contributed by atoms with Gasteiger partial charge in [-0.15, -0.1) is 13.2 Å². The molecule has 1 saturated heterocycles. The van der Waals surface area contributed by atoms with Crippen molar-refractivity contribution in [1.82, 2.24) is 9.61 Å². The maximum Gasteiger partial charge on any atom is 0.339 e. The summed E-state index contributed by atoms with van der Waals surface area (Å²) >= 11 is 0. The maximum absolute atomic E-state index is 13.5. The van der Waals surface area contributed by atoms with Crippen LogP contribution in [0.25, 0.3) is 27.9 Å². The summed E-state index contributed by atoms with van der Waals surface area (Å²) < 4.78 is 26.3. The number of aryl methyl sites for hydroxylation is 2. The van der Waals surface area contributed by atoms with Crippen LogP contribution in [0.5, 0.6) is 5.75 Å². The number of anilines is 1. The second-order valence-electron chi connectivity index (χ2n) is 14.6. The molecule has 266 valence electrons. The van der Waals surface area contributed by atoms with Crippen molar-refractivity contribution in [2.75, 3.05) is 31.7 Å². The first-order chi connectivity index (χ1) is 23.8. The van der Waals surface area contributed by atoms with Crippen LogP contribution >= 0.6 is 0 Å². The highest BCUT2D eigenvalue weighted by Gasteiger charge is 2.37. The van der Waals surface area contributed by atoms with Crippen molar-refractivity contribution in [2.45, 2.75) is 91.1 Å². The van der Waals surface area contributed by atoms with E-state index in [1.807, 2.05) is 50.5 Å². The number of ether oxygens (including phenoxy) is 4. The molecular weight excluding hydrogens is 626 g/mol. The van der Waals surface area contributed by atoms with Crippen molar-refractivity contribution in [3.63, 3.8) is 0 Å². The summed E-state index contributed by atoms with van der Waals surface area (Å²) in [7, 11) is 1.41. The van der Waals surface area contributed by atoms with Gasteiger partial charge in [0.15, 0.2) is 6.10 Å². The van der Waals surface area contributed by atoms with Gasteiger partial charge in [-0.25, -0.2) is 9.31 Å². The molecule has 0 amide bonds. The van der Waals surface area contributed by atoms with E-state index in [0.717, 1.165) is 88.4 Å². The standard InChI is InChI=1S/C42H53N3O5/c1-11-14-30(5)49-36-18-17-28(3)24-33(36)31-15-13-16-32(25-31)34-26-35-38(44-21-19-42(9,20-22-44)48-23-12-2)37(29(4)27-45(35)43-34)39(40(46)47-10)50-41(6,7)8/h11-13,15-18,24-27,30,39H,1-2,14,19-23H2,3-10H3/t30-,39?/m0/s1. The van der Waals surface area contributed by atoms with Crippen molar-refractivity contribution >= 4 is 17.2 Å². The third-order valence-corrected chi connectivity index (χ3v) is 9.24. The first-order valence-electron chi connectivity index (χ1n) is 17.5. The number of fused-ring (bicyclic) bond motifs is 1. The fourth-order valence-electron chi connectivity index (χ4n) is 6.66. The Balaban J connectivity index is 1.64. The average molecular weight is 680 g/mol. The number of rotatable bonds is 13. The predicted octanol–water partition coefficient (Wildman–Crippen LogP) is 9.22. The van der Waals surface area contributed by atoms with Crippen LogP contribution in [0.3, 0.4) is 0 Å². The molecule has 0 radical (unpaired) electrons. The van der Waals surface area contributed by atoms with Gasteiger partial charge in [0.25, 0.3) is 0 Å². The van der Waals surface area contributed by atoms with Crippen LogP contribution in [-0.4, -0.2) is 59.7 Å². The average Bonchev–Trinajstić information content (AvgIpc) is 3.50. The molecule has 50 heavy (non-hydrogen) atoms. The van der Waals surface area contributed by atoms with E-state index in [1.54, 1.807) is 6.08 Å². The smallest absolute Gasteiger partial charge is 0.339 e. The lowest BCUT2D eigenvalue weighted by Gasteiger charge is -2.41. The zero-order chi connectivity index (χ0) is 36.2. The normalized spacial score (nSPS) is 15.8. The van der Waals surface area contributed by atoms with E-state index in [9.17, 15) is 4.79 Å². The van der Waals surface area contributed by atoms with E-state index in [1.165, 1.54) is 7.11 Å². The number of carbonyl (C=O) groups is 1. The lowest BCUT2D eigenvalue weighted by Crippen LogP contribution is -2.45. The van der Waals surface area contributed by atoms with Crippen LogP contribution in [0.2, 0.25) is 0 Å². The number of esters is 1. The molecule has 8 heteroatoms.